The van der Waals surface area contributed by atoms with Gasteiger partial charge >= 0.3 is 0 Å². The highest BCUT2D eigenvalue weighted by molar-refractivity contribution is 5.76. The highest BCUT2D eigenvalue weighted by atomic mass is 15.1. The molecule has 1 aromatic heterocycles. The molecule has 0 N–H and O–H groups in total. The maximum Gasteiger partial charge on any atom is 0.110 e. The summed E-state index contributed by atoms with van der Waals surface area (Å²) in [4.78, 5) is 4.61. The van der Waals surface area contributed by atoms with Crippen molar-refractivity contribution in [1.82, 2.24) is 9.55 Å². The van der Waals surface area contributed by atoms with Crippen LogP contribution in [0.3, 0.4) is 0 Å². The molecule has 0 spiro atoms. The molecule has 1 aliphatic rings. The molecule has 0 radical (unpaired) electrons. The Balaban J connectivity index is 2.31. The Bertz CT molecular complexity index is 456. The van der Waals surface area contributed by atoms with Crippen molar-refractivity contribution < 1.29 is 0 Å². The molecule has 2 heterocycles. The molecule has 66 valence electrons. The summed E-state index contributed by atoms with van der Waals surface area (Å²) in [7, 11) is 0. The van der Waals surface area contributed by atoms with Gasteiger partial charge < -0.3 is 4.57 Å². The van der Waals surface area contributed by atoms with Gasteiger partial charge in [0.2, 0.25) is 0 Å². The molecular weight excluding hydrogens is 160 g/mol. The lowest BCUT2D eigenvalue weighted by molar-refractivity contribution is 0.571. The quantitative estimate of drug-likeness (QED) is 0.596. The second-order valence-corrected chi connectivity index (χ2v) is 3.94. The Kier molecular flexibility index (Phi) is 1.29. The maximum atomic E-state index is 4.61. The maximum absolute atomic E-state index is 4.61. The van der Waals surface area contributed by atoms with E-state index in [0.29, 0.717) is 0 Å². The first kappa shape index (κ1) is 7.13. The van der Waals surface area contributed by atoms with Gasteiger partial charge in [0.15, 0.2) is 0 Å². The van der Waals surface area contributed by atoms with E-state index in [2.05, 4.69) is 40.7 Å². The zero-order chi connectivity index (χ0) is 8.84. The largest absolute Gasteiger partial charge is 0.328 e. The smallest absolute Gasteiger partial charge is 0.110 e. The van der Waals surface area contributed by atoms with E-state index in [1.807, 2.05) is 0 Å². The number of nitrogens with zero attached hydrogens (tertiary/aromatic N) is 2. The van der Waals surface area contributed by atoms with Crippen molar-refractivity contribution in [3.05, 3.63) is 30.1 Å². The van der Waals surface area contributed by atoms with Crippen LogP contribution in [0.4, 0.5) is 0 Å². The molecule has 1 aromatic carbocycles. The lowest BCUT2D eigenvalue weighted by Gasteiger charge is -2.00. The van der Waals surface area contributed by atoms with Gasteiger partial charge in [0.1, 0.15) is 5.82 Å². The van der Waals surface area contributed by atoms with E-state index in [-0.39, 0.29) is 0 Å². The van der Waals surface area contributed by atoms with E-state index in [4.69, 9.17) is 0 Å². The molecular formula is C11H12N2. The second-order valence-electron chi connectivity index (χ2n) is 3.94. The molecule has 3 rings (SSSR count). The summed E-state index contributed by atoms with van der Waals surface area (Å²) in [6.07, 6.45) is 1.13. The van der Waals surface area contributed by atoms with Crippen LogP contribution in [0.5, 0.6) is 0 Å². The fourth-order valence-electron chi connectivity index (χ4n) is 2.17. The Labute approximate surface area is 77.2 Å². The van der Waals surface area contributed by atoms with E-state index >= 15 is 0 Å². The van der Waals surface area contributed by atoms with Crippen molar-refractivity contribution in [3.8, 4) is 0 Å². The molecule has 2 aromatic rings. The van der Waals surface area contributed by atoms with E-state index in [1.54, 1.807) is 0 Å². The highest BCUT2D eigenvalue weighted by Crippen LogP contribution is 2.25. The van der Waals surface area contributed by atoms with E-state index in [9.17, 15) is 0 Å². The summed E-state index contributed by atoms with van der Waals surface area (Å²) < 4.78 is 2.35. The van der Waals surface area contributed by atoms with Crippen molar-refractivity contribution in [2.45, 2.75) is 19.9 Å². The minimum absolute atomic E-state index is 0.757. The predicted octanol–water partition coefficient (Wildman–Crippen LogP) is 2.23. The van der Waals surface area contributed by atoms with Gasteiger partial charge in [-0.1, -0.05) is 19.1 Å². The molecule has 0 saturated carbocycles. The normalized spacial score (nSPS) is 20.8. The van der Waals surface area contributed by atoms with Gasteiger partial charge in [-0.2, -0.15) is 0 Å². The van der Waals surface area contributed by atoms with Gasteiger partial charge in [0, 0.05) is 13.0 Å². The molecule has 1 aliphatic heterocycles. The third-order valence-corrected chi connectivity index (χ3v) is 2.76. The Morgan fingerprint density at radius 1 is 1.38 bits per heavy atom. The first-order chi connectivity index (χ1) is 6.34. The molecule has 0 aliphatic carbocycles. The van der Waals surface area contributed by atoms with Crippen molar-refractivity contribution in [1.29, 1.82) is 0 Å². The standard InChI is InChI=1S/C11H12N2/c1-8-6-11-12-9-4-2-3-5-10(9)13(11)7-8/h2-5,8H,6-7H2,1H3/t8-/m0/s1. The lowest BCUT2D eigenvalue weighted by Crippen LogP contribution is -1.96. The average Bonchev–Trinajstić information content (AvgIpc) is 2.60. The first-order valence-corrected chi connectivity index (χ1v) is 4.79. The average molecular weight is 172 g/mol. The van der Waals surface area contributed by atoms with E-state index in [0.717, 1.165) is 24.4 Å². The fourth-order valence-corrected chi connectivity index (χ4v) is 2.17. The third-order valence-electron chi connectivity index (χ3n) is 2.76. The number of benzene rings is 1. The van der Waals surface area contributed by atoms with Crippen LogP contribution < -0.4 is 0 Å². The molecule has 2 nitrogen and oxygen atoms in total. The second kappa shape index (κ2) is 2.34. The number of hydrogen-bond acceptors (Lipinski definition) is 1. The number of imidazole rings is 1. The number of fused-ring (bicyclic) bond motifs is 3. The van der Waals surface area contributed by atoms with Gasteiger partial charge in [-0.3, -0.25) is 0 Å². The molecule has 0 unspecified atom stereocenters. The van der Waals surface area contributed by atoms with E-state index in [1.165, 1.54) is 11.3 Å². The van der Waals surface area contributed by atoms with Gasteiger partial charge in [-0.05, 0) is 18.1 Å². The minimum atomic E-state index is 0.757. The van der Waals surface area contributed by atoms with Crippen LogP contribution in [0, 0.1) is 5.92 Å². The highest BCUT2D eigenvalue weighted by Gasteiger charge is 2.20. The zero-order valence-electron chi connectivity index (χ0n) is 7.70. The van der Waals surface area contributed by atoms with Crippen molar-refractivity contribution >= 4 is 11.0 Å². The predicted molar refractivity (Wildman–Crippen MR) is 52.6 cm³/mol. The summed E-state index contributed by atoms with van der Waals surface area (Å²) in [5, 5.41) is 0. The van der Waals surface area contributed by atoms with Crippen molar-refractivity contribution in [2.24, 2.45) is 5.92 Å². The monoisotopic (exact) mass is 172 g/mol. The van der Waals surface area contributed by atoms with Gasteiger partial charge in [0.05, 0.1) is 11.0 Å². The fraction of sp³-hybridized carbons (Fsp3) is 0.364. The van der Waals surface area contributed by atoms with Gasteiger partial charge in [-0.25, -0.2) is 4.98 Å². The zero-order valence-corrected chi connectivity index (χ0v) is 7.70. The molecule has 0 saturated heterocycles. The first-order valence-electron chi connectivity index (χ1n) is 4.79. The van der Waals surface area contributed by atoms with Crippen molar-refractivity contribution in [2.75, 3.05) is 0 Å². The summed E-state index contributed by atoms with van der Waals surface area (Å²) >= 11 is 0. The van der Waals surface area contributed by atoms with Crippen LogP contribution in [-0.4, -0.2) is 9.55 Å². The topological polar surface area (TPSA) is 17.8 Å². The molecule has 1 atom stereocenters. The number of para-hydroxylation sites is 2. The van der Waals surface area contributed by atoms with Gasteiger partial charge in [0.25, 0.3) is 0 Å². The molecule has 0 fully saturated rings. The Morgan fingerprint density at radius 3 is 3.15 bits per heavy atom. The van der Waals surface area contributed by atoms with E-state index < -0.39 is 0 Å². The SMILES string of the molecule is C[C@H]1Cc2nc3ccccc3n2C1. The van der Waals surface area contributed by atoms with Crippen LogP contribution in [0.1, 0.15) is 12.7 Å². The van der Waals surface area contributed by atoms with Crippen molar-refractivity contribution in [3.63, 3.8) is 0 Å². The molecule has 0 bridgehead atoms. The lowest BCUT2D eigenvalue weighted by atomic mass is 10.1. The summed E-state index contributed by atoms with van der Waals surface area (Å²) in [6.45, 7) is 3.42. The number of hydrogen-bond donors (Lipinski definition) is 0. The van der Waals surface area contributed by atoms with Gasteiger partial charge in [-0.15, -0.1) is 0 Å². The summed E-state index contributed by atoms with van der Waals surface area (Å²) in [5.41, 5.74) is 2.44. The minimum Gasteiger partial charge on any atom is -0.328 e. The number of rotatable bonds is 0. The number of aromatic nitrogens is 2. The van der Waals surface area contributed by atoms with Crippen LogP contribution >= 0.6 is 0 Å². The Morgan fingerprint density at radius 2 is 2.23 bits per heavy atom. The summed E-state index contributed by atoms with van der Waals surface area (Å²) in [5.74, 6) is 2.01. The Hall–Kier alpha value is -1.31. The summed E-state index contributed by atoms with van der Waals surface area (Å²) in [6, 6.07) is 8.38. The van der Waals surface area contributed by atoms with Crippen LogP contribution in [0.25, 0.3) is 11.0 Å². The van der Waals surface area contributed by atoms with Crippen LogP contribution in [-0.2, 0) is 13.0 Å². The molecule has 2 heteroatoms. The van der Waals surface area contributed by atoms with Crippen LogP contribution in [0.15, 0.2) is 24.3 Å². The molecule has 0 amide bonds. The third kappa shape index (κ3) is 0.916. The van der Waals surface area contributed by atoms with Crippen LogP contribution in [0.2, 0.25) is 0 Å². The molecule has 13 heavy (non-hydrogen) atoms.